The van der Waals surface area contributed by atoms with Crippen LogP contribution < -0.4 is 5.32 Å². The van der Waals surface area contributed by atoms with Gasteiger partial charge in [-0.1, -0.05) is 42.5 Å². The SMILES string of the molecule is Cc1ccc(-c2cc(C(=O)NCCc3ccc(C)nc3)cc(C(O)c3ccccc3)c2)nc1. The van der Waals surface area contributed by atoms with Crippen LogP contribution in [-0.4, -0.2) is 27.5 Å². The third-order valence-electron chi connectivity index (χ3n) is 5.53. The number of nitrogens with zero attached hydrogens (tertiary/aromatic N) is 2. The number of hydrogen-bond donors (Lipinski definition) is 2. The van der Waals surface area contributed by atoms with Crippen molar-refractivity contribution in [1.29, 1.82) is 0 Å². The highest BCUT2D eigenvalue weighted by Crippen LogP contribution is 2.28. The fourth-order valence-corrected chi connectivity index (χ4v) is 3.62. The molecule has 4 rings (SSSR count). The van der Waals surface area contributed by atoms with Gasteiger partial charge in [-0.3, -0.25) is 14.8 Å². The van der Waals surface area contributed by atoms with Crippen molar-refractivity contribution in [2.75, 3.05) is 6.54 Å². The molecule has 2 heterocycles. The van der Waals surface area contributed by atoms with Crippen LogP contribution in [-0.2, 0) is 6.42 Å². The zero-order valence-electron chi connectivity index (χ0n) is 18.8. The fourth-order valence-electron chi connectivity index (χ4n) is 3.62. The lowest BCUT2D eigenvalue weighted by Gasteiger charge is -2.15. The first kappa shape index (κ1) is 22.4. The highest BCUT2D eigenvalue weighted by atomic mass is 16.3. The number of hydrogen-bond acceptors (Lipinski definition) is 4. The Bertz CT molecular complexity index is 1220. The third kappa shape index (κ3) is 5.70. The number of aryl methyl sites for hydroxylation is 2. The van der Waals surface area contributed by atoms with Gasteiger partial charge in [0, 0.05) is 35.8 Å². The standard InChI is InChI=1S/C28H27N3O2/c1-19-8-11-26(31-17-19)23-14-24(27(32)22-6-4-3-5-7-22)16-25(15-23)28(33)29-13-12-21-10-9-20(2)30-18-21/h3-11,14-18,27,32H,12-13H2,1-2H3,(H,29,33). The molecule has 0 aliphatic heterocycles. The Morgan fingerprint density at radius 2 is 1.73 bits per heavy atom. The minimum absolute atomic E-state index is 0.189. The van der Waals surface area contributed by atoms with Crippen molar-refractivity contribution in [3.63, 3.8) is 0 Å². The first-order valence-electron chi connectivity index (χ1n) is 11.0. The Kier molecular flexibility index (Phi) is 6.91. The molecule has 1 atom stereocenters. The second-order valence-corrected chi connectivity index (χ2v) is 8.19. The average molecular weight is 438 g/mol. The molecule has 0 saturated carbocycles. The van der Waals surface area contributed by atoms with E-state index in [1.54, 1.807) is 12.3 Å². The summed E-state index contributed by atoms with van der Waals surface area (Å²) in [4.78, 5) is 21.8. The Morgan fingerprint density at radius 3 is 2.42 bits per heavy atom. The van der Waals surface area contributed by atoms with Crippen LogP contribution in [0.1, 0.15) is 44.4 Å². The largest absolute Gasteiger partial charge is 0.384 e. The summed E-state index contributed by atoms with van der Waals surface area (Å²) in [5.41, 5.74) is 6.54. The summed E-state index contributed by atoms with van der Waals surface area (Å²) in [6.45, 7) is 4.42. The maximum atomic E-state index is 13.0. The Hall–Kier alpha value is -3.83. The van der Waals surface area contributed by atoms with Crippen molar-refractivity contribution in [2.45, 2.75) is 26.4 Å². The van der Waals surface area contributed by atoms with Crippen LogP contribution in [0.4, 0.5) is 0 Å². The first-order chi connectivity index (χ1) is 16.0. The topological polar surface area (TPSA) is 75.1 Å². The third-order valence-corrected chi connectivity index (χ3v) is 5.53. The number of rotatable bonds is 7. The van der Waals surface area contributed by atoms with Crippen LogP contribution in [0.15, 0.2) is 85.2 Å². The van der Waals surface area contributed by atoms with Crippen molar-refractivity contribution in [2.24, 2.45) is 0 Å². The van der Waals surface area contributed by atoms with Gasteiger partial charge in [0.1, 0.15) is 6.10 Å². The van der Waals surface area contributed by atoms with Crippen molar-refractivity contribution >= 4 is 5.91 Å². The van der Waals surface area contributed by atoms with Gasteiger partial charge in [0.15, 0.2) is 0 Å². The van der Waals surface area contributed by atoms with E-state index < -0.39 is 6.10 Å². The number of aromatic nitrogens is 2. The maximum absolute atomic E-state index is 13.0. The molecule has 33 heavy (non-hydrogen) atoms. The molecule has 0 fully saturated rings. The van der Waals surface area contributed by atoms with Gasteiger partial charge in [-0.15, -0.1) is 0 Å². The molecule has 166 valence electrons. The highest BCUT2D eigenvalue weighted by Gasteiger charge is 2.16. The number of benzene rings is 2. The zero-order chi connectivity index (χ0) is 23.2. The van der Waals surface area contributed by atoms with Gasteiger partial charge in [0.25, 0.3) is 5.91 Å². The molecule has 0 saturated heterocycles. The van der Waals surface area contributed by atoms with E-state index in [9.17, 15) is 9.90 Å². The molecule has 2 aromatic carbocycles. The molecule has 2 N–H and O–H groups in total. The van der Waals surface area contributed by atoms with Gasteiger partial charge in [-0.2, -0.15) is 0 Å². The van der Waals surface area contributed by atoms with Crippen molar-refractivity contribution in [3.8, 4) is 11.3 Å². The molecule has 1 unspecified atom stereocenters. The minimum atomic E-state index is -0.846. The van der Waals surface area contributed by atoms with Crippen molar-refractivity contribution in [1.82, 2.24) is 15.3 Å². The molecule has 5 heteroatoms. The number of pyridine rings is 2. The Labute approximate surface area is 194 Å². The van der Waals surface area contributed by atoms with Crippen molar-refractivity contribution < 1.29 is 9.90 Å². The number of nitrogens with one attached hydrogen (secondary N) is 1. The van der Waals surface area contributed by atoms with Crippen LogP contribution in [0.3, 0.4) is 0 Å². The summed E-state index contributed by atoms with van der Waals surface area (Å²) in [5.74, 6) is -0.189. The second kappa shape index (κ2) is 10.2. The Balaban J connectivity index is 1.60. The van der Waals surface area contributed by atoms with E-state index in [4.69, 9.17) is 0 Å². The van der Waals surface area contributed by atoms with Gasteiger partial charge in [-0.05, 0) is 72.9 Å². The molecule has 1 amide bonds. The summed E-state index contributed by atoms with van der Waals surface area (Å²) >= 11 is 0. The number of aliphatic hydroxyl groups is 1. The normalized spacial score (nSPS) is 11.7. The number of amides is 1. The summed E-state index contributed by atoms with van der Waals surface area (Å²) in [7, 11) is 0. The lowest BCUT2D eigenvalue weighted by molar-refractivity contribution is 0.0954. The molecule has 4 aromatic rings. The lowest BCUT2D eigenvalue weighted by Crippen LogP contribution is -2.26. The van der Waals surface area contributed by atoms with Gasteiger partial charge < -0.3 is 10.4 Å². The zero-order valence-corrected chi connectivity index (χ0v) is 18.8. The number of carbonyl (C=O) groups excluding carboxylic acids is 1. The molecule has 0 spiro atoms. The predicted molar refractivity (Wildman–Crippen MR) is 130 cm³/mol. The van der Waals surface area contributed by atoms with Gasteiger partial charge in [-0.25, -0.2) is 0 Å². The van der Waals surface area contributed by atoms with E-state index >= 15 is 0 Å². The molecule has 0 aliphatic rings. The van der Waals surface area contributed by atoms with Crippen LogP contribution in [0.25, 0.3) is 11.3 Å². The summed E-state index contributed by atoms with van der Waals surface area (Å²) < 4.78 is 0. The maximum Gasteiger partial charge on any atom is 0.251 e. The first-order valence-corrected chi connectivity index (χ1v) is 11.0. The monoisotopic (exact) mass is 437 g/mol. The predicted octanol–water partition coefficient (Wildman–Crippen LogP) is 4.81. The molecule has 5 nitrogen and oxygen atoms in total. The Morgan fingerprint density at radius 1 is 0.909 bits per heavy atom. The summed E-state index contributed by atoms with van der Waals surface area (Å²) in [6.07, 6.45) is 3.48. The fraction of sp³-hybridized carbons (Fsp3) is 0.179. The molecule has 2 aromatic heterocycles. The molecule has 0 bridgehead atoms. The van der Waals surface area contributed by atoms with Crippen LogP contribution in [0.5, 0.6) is 0 Å². The van der Waals surface area contributed by atoms with Gasteiger partial charge >= 0.3 is 0 Å². The number of aliphatic hydroxyl groups excluding tert-OH is 1. The lowest BCUT2D eigenvalue weighted by atomic mass is 9.95. The van der Waals surface area contributed by atoms with Crippen LogP contribution in [0.2, 0.25) is 0 Å². The van der Waals surface area contributed by atoms with E-state index in [1.807, 2.05) is 86.8 Å². The number of carbonyl (C=O) groups is 1. The van der Waals surface area contributed by atoms with E-state index in [0.717, 1.165) is 33.6 Å². The summed E-state index contributed by atoms with van der Waals surface area (Å²) in [5, 5.41) is 14.0. The van der Waals surface area contributed by atoms with E-state index in [1.165, 1.54) is 0 Å². The van der Waals surface area contributed by atoms with Crippen molar-refractivity contribution in [3.05, 3.63) is 119 Å². The molecule has 0 radical (unpaired) electrons. The average Bonchev–Trinajstić information content (AvgIpc) is 2.85. The second-order valence-electron chi connectivity index (χ2n) is 8.19. The minimum Gasteiger partial charge on any atom is -0.384 e. The smallest absolute Gasteiger partial charge is 0.251 e. The van der Waals surface area contributed by atoms with Gasteiger partial charge in [0.2, 0.25) is 0 Å². The highest BCUT2D eigenvalue weighted by molar-refractivity contribution is 5.95. The van der Waals surface area contributed by atoms with Gasteiger partial charge in [0.05, 0.1) is 5.69 Å². The molecular formula is C28H27N3O2. The van der Waals surface area contributed by atoms with E-state index in [0.29, 0.717) is 24.1 Å². The molecular weight excluding hydrogens is 410 g/mol. The molecule has 0 aliphatic carbocycles. The van der Waals surface area contributed by atoms with E-state index in [2.05, 4.69) is 15.3 Å². The van der Waals surface area contributed by atoms with Crippen LogP contribution in [0, 0.1) is 13.8 Å². The quantitative estimate of drug-likeness (QED) is 0.435. The van der Waals surface area contributed by atoms with Crippen LogP contribution >= 0.6 is 0 Å². The summed E-state index contributed by atoms with van der Waals surface area (Å²) in [6, 6.07) is 22.8. The van der Waals surface area contributed by atoms with E-state index in [-0.39, 0.29) is 5.91 Å².